The minimum Gasteiger partial charge on any atom is -0.305 e. The number of alkyl halides is 4. The zero-order chi connectivity index (χ0) is 10.6. The summed E-state index contributed by atoms with van der Waals surface area (Å²) in [6.45, 7) is -0.954. The highest BCUT2D eigenvalue weighted by atomic mass is 32.1. The van der Waals surface area contributed by atoms with E-state index in [1.165, 1.54) is 17.5 Å². The van der Waals surface area contributed by atoms with Gasteiger partial charge in [0.15, 0.2) is 0 Å². The van der Waals surface area contributed by atoms with Crippen molar-refractivity contribution in [3.63, 3.8) is 0 Å². The fourth-order valence-electron chi connectivity index (χ4n) is 0.754. The molecule has 0 amide bonds. The van der Waals surface area contributed by atoms with Crippen LogP contribution in [0, 0.1) is 0 Å². The molecule has 1 rings (SSSR count). The first-order valence-electron chi connectivity index (χ1n) is 3.77. The number of hydrogen-bond donors (Lipinski definition) is 1. The molecule has 1 N–H and O–H groups in total. The molecule has 0 aliphatic heterocycles. The van der Waals surface area contributed by atoms with Gasteiger partial charge in [-0.25, -0.2) is 13.8 Å². The molecule has 2 nitrogen and oxygen atoms in total. The summed E-state index contributed by atoms with van der Waals surface area (Å²) in [6.07, 6.45) is -2.11. The molecule has 80 valence electrons. The van der Waals surface area contributed by atoms with E-state index in [-0.39, 0.29) is 6.54 Å². The van der Waals surface area contributed by atoms with Crippen LogP contribution in [0.3, 0.4) is 0 Å². The Hall–Kier alpha value is -0.690. The number of nitrogens with one attached hydrogen (secondary N) is 1. The van der Waals surface area contributed by atoms with Crippen molar-refractivity contribution in [1.29, 1.82) is 0 Å². The van der Waals surface area contributed by atoms with Crippen molar-refractivity contribution in [3.8, 4) is 0 Å². The molecular weight excluding hydrogens is 220 g/mol. The average Bonchev–Trinajstić information content (AvgIpc) is 2.56. The van der Waals surface area contributed by atoms with Crippen LogP contribution in [-0.4, -0.2) is 23.9 Å². The number of thiazole rings is 1. The second-order valence-electron chi connectivity index (χ2n) is 2.59. The molecule has 0 unspecified atom stereocenters. The number of rotatable bonds is 5. The Bertz CT molecular complexity index is 263. The van der Waals surface area contributed by atoms with Crippen molar-refractivity contribution in [3.05, 3.63) is 16.6 Å². The van der Waals surface area contributed by atoms with Gasteiger partial charge in [-0.3, -0.25) is 0 Å². The Kier molecular flexibility index (Phi) is 3.82. The zero-order valence-electron chi connectivity index (χ0n) is 7.01. The van der Waals surface area contributed by atoms with Crippen molar-refractivity contribution in [1.82, 2.24) is 10.3 Å². The quantitative estimate of drug-likeness (QED) is 0.781. The van der Waals surface area contributed by atoms with Crippen LogP contribution >= 0.6 is 11.3 Å². The molecule has 0 aromatic carbocycles. The lowest BCUT2D eigenvalue weighted by atomic mass is 10.3. The first-order valence-corrected chi connectivity index (χ1v) is 4.65. The summed E-state index contributed by atoms with van der Waals surface area (Å²) in [5.41, 5.74) is 0. The van der Waals surface area contributed by atoms with Crippen molar-refractivity contribution >= 4 is 11.3 Å². The van der Waals surface area contributed by atoms with E-state index in [4.69, 9.17) is 0 Å². The second kappa shape index (κ2) is 4.70. The maximum atomic E-state index is 12.3. The van der Waals surface area contributed by atoms with Gasteiger partial charge in [0.05, 0.1) is 6.54 Å². The Morgan fingerprint density at radius 1 is 1.50 bits per heavy atom. The van der Waals surface area contributed by atoms with E-state index in [9.17, 15) is 17.6 Å². The van der Waals surface area contributed by atoms with E-state index in [1.807, 2.05) is 0 Å². The Morgan fingerprint density at radius 3 is 2.71 bits per heavy atom. The first-order chi connectivity index (χ1) is 6.52. The molecule has 0 radical (unpaired) electrons. The van der Waals surface area contributed by atoms with Crippen LogP contribution in [0.1, 0.15) is 5.01 Å². The Balaban J connectivity index is 2.28. The third-order valence-electron chi connectivity index (χ3n) is 1.44. The molecule has 0 atom stereocenters. The molecule has 7 heteroatoms. The molecule has 0 saturated heterocycles. The molecule has 0 saturated carbocycles. The highest BCUT2D eigenvalue weighted by Gasteiger charge is 2.39. The van der Waals surface area contributed by atoms with Crippen LogP contribution in [0.25, 0.3) is 0 Å². The third-order valence-corrected chi connectivity index (χ3v) is 2.22. The standard InChI is InChI=1S/C7H8F4N2S/c8-6(9)7(10,11)4-12-3-5-13-1-2-14-5/h1-2,6,12H,3-4H2. The van der Waals surface area contributed by atoms with E-state index >= 15 is 0 Å². The molecule has 1 aromatic rings. The molecule has 0 aliphatic rings. The van der Waals surface area contributed by atoms with Gasteiger partial charge >= 0.3 is 12.3 Å². The lowest BCUT2D eigenvalue weighted by molar-refractivity contribution is -0.125. The molecule has 1 heterocycles. The third kappa shape index (κ3) is 3.22. The minimum absolute atomic E-state index is 0.0833. The first kappa shape index (κ1) is 11.4. The Morgan fingerprint density at radius 2 is 2.21 bits per heavy atom. The van der Waals surface area contributed by atoms with Gasteiger partial charge in [0.25, 0.3) is 0 Å². The zero-order valence-corrected chi connectivity index (χ0v) is 7.83. The molecular formula is C7H8F4N2S. The van der Waals surface area contributed by atoms with Gasteiger partial charge in [0.2, 0.25) is 0 Å². The molecule has 0 bridgehead atoms. The smallest absolute Gasteiger partial charge is 0.305 e. The van der Waals surface area contributed by atoms with Crippen molar-refractivity contribution < 1.29 is 17.6 Å². The summed E-state index contributed by atoms with van der Waals surface area (Å²) in [7, 11) is 0. The van der Waals surface area contributed by atoms with Crippen molar-refractivity contribution in [2.75, 3.05) is 6.54 Å². The van der Waals surface area contributed by atoms with Gasteiger partial charge in [-0.1, -0.05) is 0 Å². The van der Waals surface area contributed by atoms with E-state index < -0.39 is 18.9 Å². The maximum absolute atomic E-state index is 12.3. The SMILES string of the molecule is FC(F)C(F)(F)CNCc1nccs1. The van der Waals surface area contributed by atoms with E-state index in [0.29, 0.717) is 5.01 Å². The summed E-state index contributed by atoms with van der Waals surface area (Å²) < 4.78 is 48.0. The largest absolute Gasteiger partial charge is 0.319 e. The number of aromatic nitrogens is 1. The number of halogens is 4. The van der Waals surface area contributed by atoms with Crippen LogP contribution in [0.5, 0.6) is 0 Å². The van der Waals surface area contributed by atoms with Crippen LogP contribution < -0.4 is 5.32 Å². The minimum atomic E-state index is -3.97. The van der Waals surface area contributed by atoms with Gasteiger partial charge in [0, 0.05) is 18.1 Å². The molecule has 14 heavy (non-hydrogen) atoms. The van der Waals surface area contributed by atoms with Crippen LogP contribution in [0.15, 0.2) is 11.6 Å². The molecule has 1 aromatic heterocycles. The maximum Gasteiger partial charge on any atom is 0.319 e. The van der Waals surface area contributed by atoms with E-state index in [1.54, 1.807) is 5.38 Å². The fraction of sp³-hybridized carbons (Fsp3) is 0.571. The lowest BCUT2D eigenvalue weighted by Crippen LogP contribution is -2.38. The summed E-state index contributed by atoms with van der Waals surface area (Å²) in [4.78, 5) is 3.80. The predicted molar refractivity (Wildman–Crippen MR) is 44.8 cm³/mol. The highest BCUT2D eigenvalue weighted by molar-refractivity contribution is 7.09. The van der Waals surface area contributed by atoms with Gasteiger partial charge in [-0.15, -0.1) is 11.3 Å². The van der Waals surface area contributed by atoms with Crippen LogP contribution in [0.2, 0.25) is 0 Å². The van der Waals surface area contributed by atoms with Crippen molar-refractivity contribution in [2.24, 2.45) is 0 Å². The second-order valence-corrected chi connectivity index (χ2v) is 3.57. The fourth-order valence-corrected chi connectivity index (χ4v) is 1.34. The molecule has 0 aliphatic carbocycles. The van der Waals surface area contributed by atoms with Crippen LogP contribution in [-0.2, 0) is 6.54 Å². The normalized spacial score (nSPS) is 12.4. The summed E-state index contributed by atoms with van der Waals surface area (Å²) >= 11 is 1.28. The average molecular weight is 228 g/mol. The molecule has 0 fully saturated rings. The van der Waals surface area contributed by atoms with Crippen LogP contribution in [0.4, 0.5) is 17.6 Å². The lowest BCUT2D eigenvalue weighted by Gasteiger charge is -2.14. The number of nitrogens with zero attached hydrogens (tertiary/aromatic N) is 1. The summed E-state index contributed by atoms with van der Waals surface area (Å²) in [5, 5.41) is 4.50. The van der Waals surface area contributed by atoms with Gasteiger partial charge in [0.1, 0.15) is 5.01 Å². The Labute approximate surface area is 82.0 Å². The van der Waals surface area contributed by atoms with Gasteiger partial charge in [-0.05, 0) is 0 Å². The van der Waals surface area contributed by atoms with Gasteiger partial charge < -0.3 is 5.32 Å². The topological polar surface area (TPSA) is 24.9 Å². The number of hydrogen-bond acceptors (Lipinski definition) is 3. The van der Waals surface area contributed by atoms with Gasteiger partial charge in [-0.2, -0.15) is 8.78 Å². The van der Waals surface area contributed by atoms with E-state index in [2.05, 4.69) is 10.3 Å². The predicted octanol–water partition coefficient (Wildman–Crippen LogP) is 2.13. The summed E-state index contributed by atoms with van der Waals surface area (Å²) in [5.74, 6) is -3.97. The van der Waals surface area contributed by atoms with Crippen molar-refractivity contribution in [2.45, 2.75) is 18.9 Å². The summed E-state index contributed by atoms with van der Waals surface area (Å²) in [6, 6.07) is 0. The monoisotopic (exact) mass is 228 g/mol. The highest BCUT2D eigenvalue weighted by Crippen LogP contribution is 2.21. The molecule has 0 spiro atoms. The van der Waals surface area contributed by atoms with E-state index in [0.717, 1.165) is 0 Å².